The fraction of sp³-hybridized carbons (Fsp3) is 0. The van der Waals surface area contributed by atoms with E-state index in [1.54, 1.807) is 0 Å². The Hall–Kier alpha value is -9.00. The van der Waals surface area contributed by atoms with Crippen LogP contribution in [0.5, 0.6) is 0 Å². The van der Waals surface area contributed by atoms with Crippen LogP contribution in [-0.2, 0) is 0 Å². The average Bonchev–Trinajstić information content (AvgIpc) is 4.15. The molecular weight excluding hydrogens is 805 g/mol. The zero-order chi connectivity index (χ0) is 43.3. The molecule has 0 aliphatic carbocycles. The Kier molecular flexibility index (Phi) is 7.88. The zero-order valence-corrected chi connectivity index (χ0v) is 35.6. The number of aromatic nitrogens is 6. The van der Waals surface area contributed by atoms with Crippen molar-refractivity contribution >= 4 is 76.5 Å². The van der Waals surface area contributed by atoms with Crippen molar-refractivity contribution in [2.24, 2.45) is 0 Å². The third-order valence-corrected chi connectivity index (χ3v) is 13.4. The summed E-state index contributed by atoms with van der Waals surface area (Å²) in [5.74, 6) is 0.613. The molecule has 0 atom stereocenters. The number of hydrogen-bond acceptors (Lipinski definition) is 2. The fourth-order valence-electron chi connectivity index (χ4n) is 10.5. The lowest BCUT2D eigenvalue weighted by molar-refractivity contribution is 0.988. The first-order chi connectivity index (χ1) is 32.8. The predicted octanol–water partition coefficient (Wildman–Crippen LogP) is 15.0. The molecule has 0 unspecified atom stereocenters. The first-order valence-corrected chi connectivity index (χ1v) is 22.4. The second-order valence-corrected chi connectivity index (χ2v) is 17.0. The number of hydrogen-bond donors (Lipinski definition) is 0. The predicted molar refractivity (Wildman–Crippen MR) is 273 cm³/mol. The molecule has 9 aromatic carbocycles. The maximum atomic E-state index is 5.67. The Morgan fingerprint density at radius 3 is 1.39 bits per heavy atom. The van der Waals surface area contributed by atoms with Gasteiger partial charge in [-0.3, -0.25) is 4.57 Å². The monoisotopic (exact) mass is 842 g/mol. The quantitative estimate of drug-likeness (QED) is 0.167. The summed E-state index contributed by atoms with van der Waals surface area (Å²) in [6.07, 6.45) is 2.13. The first kappa shape index (κ1) is 36.5. The van der Waals surface area contributed by atoms with E-state index in [2.05, 4.69) is 249 Å². The molecule has 0 radical (unpaired) electrons. The van der Waals surface area contributed by atoms with Crippen LogP contribution in [0.2, 0.25) is 0 Å². The molecule has 6 heteroatoms. The molecule has 14 rings (SSSR count). The number of rotatable bonds is 6. The van der Waals surface area contributed by atoms with Crippen LogP contribution in [0.4, 0.5) is 0 Å². The van der Waals surface area contributed by atoms with Gasteiger partial charge in [-0.25, -0.2) is 4.98 Å². The van der Waals surface area contributed by atoms with E-state index in [9.17, 15) is 0 Å². The molecule has 66 heavy (non-hydrogen) atoms. The second kappa shape index (κ2) is 14.3. The summed E-state index contributed by atoms with van der Waals surface area (Å²) >= 11 is 0. The fourth-order valence-corrected chi connectivity index (χ4v) is 10.5. The van der Waals surface area contributed by atoms with Crippen LogP contribution < -0.4 is 0 Å². The Balaban J connectivity index is 1.01. The van der Waals surface area contributed by atoms with Crippen LogP contribution in [0.1, 0.15) is 0 Å². The third kappa shape index (κ3) is 5.36. The average molecular weight is 843 g/mol. The molecule has 0 N–H and O–H groups in total. The standard InChI is InChI=1S/C60H38N6/c1-4-17-41(18-5-1)63-36-35-49-57(48-27-16-26-47-44-23-10-14-29-53(44)65(58(47)48)43-21-8-3-9-22-43)61-60(62-59(49)63)66-54-30-15-12-25-46(54)51-38-40(32-34-56(51)66)39-31-33-55-50(37-39)45-24-11-13-28-52(45)64(55)42-19-6-2-7-20-42/h1-38H. The zero-order valence-electron chi connectivity index (χ0n) is 35.6. The smallest absolute Gasteiger partial charge is 0.237 e. The molecule has 0 amide bonds. The summed E-state index contributed by atoms with van der Waals surface area (Å²) in [6, 6.07) is 80.3. The Morgan fingerprint density at radius 1 is 0.303 bits per heavy atom. The van der Waals surface area contributed by atoms with E-state index in [-0.39, 0.29) is 0 Å². The van der Waals surface area contributed by atoms with Gasteiger partial charge in [0.15, 0.2) is 5.65 Å². The van der Waals surface area contributed by atoms with Gasteiger partial charge in [-0.2, -0.15) is 4.98 Å². The van der Waals surface area contributed by atoms with Crippen LogP contribution in [0.25, 0.3) is 122 Å². The molecule has 0 saturated carbocycles. The lowest BCUT2D eigenvalue weighted by Gasteiger charge is -2.14. The Labute approximate surface area is 379 Å². The number of para-hydroxylation sites is 7. The first-order valence-electron chi connectivity index (χ1n) is 22.4. The summed E-state index contributed by atoms with van der Waals surface area (Å²) in [4.78, 5) is 11.2. The molecule has 5 heterocycles. The van der Waals surface area contributed by atoms with Gasteiger partial charge in [0.05, 0.1) is 38.8 Å². The van der Waals surface area contributed by atoms with Gasteiger partial charge < -0.3 is 13.7 Å². The maximum Gasteiger partial charge on any atom is 0.237 e. The Morgan fingerprint density at radius 2 is 0.773 bits per heavy atom. The van der Waals surface area contributed by atoms with E-state index in [0.717, 1.165) is 77.8 Å². The van der Waals surface area contributed by atoms with E-state index in [0.29, 0.717) is 5.95 Å². The minimum atomic E-state index is 0.613. The van der Waals surface area contributed by atoms with Crippen LogP contribution in [0.3, 0.4) is 0 Å². The number of fused-ring (bicyclic) bond motifs is 10. The summed E-state index contributed by atoms with van der Waals surface area (Å²) < 4.78 is 9.20. The minimum Gasteiger partial charge on any atom is -0.309 e. The van der Waals surface area contributed by atoms with Gasteiger partial charge in [0.1, 0.15) is 0 Å². The van der Waals surface area contributed by atoms with Crippen molar-refractivity contribution in [3.8, 4) is 45.4 Å². The molecule has 0 bridgehead atoms. The molecule has 0 aliphatic rings. The SMILES string of the molecule is c1ccc(-n2ccc3c(-c4cccc5c6ccccc6n(-c6ccccc6)c45)nc(-n4c5ccccc5c5cc(-c6ccc7c(c6)c6ccccc6n7-c6ccccc6)ccc54)nc32)cc1. The van der Waals surface area contributed by atoms with Crippen LogP contribution >= 0.6 is 0 Å². The molecule has 0 saturated heterocycles. The van der Waals surface area contributed by atoms with E-state index in [1.807, 2.05) is 0 Å². The van der Waals surface area contributed by atoms with Gasteiger partial charge in [-0.05, 0) is 96.1 Å². The van der Waals surface area contributed by atoms with E-state index in [1.165, 1.54) is 38.1 Å². The van der Waals surface area contributed by atoms with Crippen molar-refractivity contribution in [1.82, 2.24) is 28.2 Å². The number of nitrogens with zero attached hydrogens (tertiary/aromatic N) is 6. The topological polar surface area (TPSA) is 45.5 Å². The lowest BCUT2D eigenvalue weighted by Crippen LogP contribution is -2.05. The van der Waals surface area contributed by atoms with Crippen LogP contribution in [0, 0.1) is 0 Å². The van der Waals surface area contributed by atoms with Gasteiger partial charge in [0.2, 0.25) is 5.95 Å². The van der Waals surface area contributed by atoms with Crippen molar-refractivity contribution in [2.45, 2.75) is 0 Å². The van der Waals surface area contributed by atoms with Gasteiger partial charge in [0, 0.05) is 66.5 Å². The highest BCUT2D eigenvalue weighted by atomic mass is 15.2. The van der Waals surface area contributed by atoms with E-state index < -0.39 is 0 Å². The Bertz CT molecular complexity index is 4210. The van der Waals surface area contributed by atoms with Crippen molar-refractivity contribution in [3.63, 3.8) is 0 Å². The minimum absolute atomic E-state index is 0.613. The third-order valence-electron chi connectivity index (χ3n) is 13.4. The summed E-state index contributed by atoms with van der Waals surface area (Å²) in [5.41, 5.74) is 15.1. The van der Waals surface area contributed by atoms with Gasteiger partial charge >= 0.3 is 0 Å². The highest BCUT2D eigenvalue weighted by molar-refractivity contribution is 6.16. The van der Waals surface area contributed by atoms with Crippen molar-refractivity contribution in [3.05, 3.63) is 231 Å². The lowest BCUT2D eigenvalue weighted by atomic mass is 10.0. The highest BCUT2D eigenvalue weighted by Gasteiger charge is 2.24. The van der Waals surface area contributed by atoms with E-state index in [4.69, 9.17) is 9.97 Å². The largest absolute Gasteiger partial charge is 0.309 e. The van der Waals surface area contributed by atoms with Gasteiger partial charge in [0.25, 0.3) is 0 Å². The van der Waals surface area contributed by atoms with Crippen LogP contribution in [0.15, 0.2) is 231 Å². The van der Waals surface area contributed by atoms with Gasteiger partial charge in [-0.1, -0.05) is 140 Å². The van der Waals surface area contributed by atoms with Crippen molar-refractivity contribution in [2.75, 3.05) is 0 Å². The molecule has 0 spiro atoms. The second-order valence-electron chi connectivity index (χ2n) is 17.0. The van der Waals surface area contributed by atoms with E-state index >= 15 is 0 Å². The molecule has 308 valence electrons. The molecule has 0 aliphatic heterocycles. The summed E-state index contributed by atoms with van der Waals surface area (Å²) in [7, 11) is 0. The highest BCUT2D eigenvalue weighted by Crippen LogP contribution is 2.42. The molecule has 5 aromatic heterocycles. The molecule has 6 nitrogen and oxygen atoms in total. The number of benzene rings is 9. The molecular formula is C60H38N6. The summed E-state index contributed by atoms with van der Waals surface area (Å²) in [5, 5.41) is 8.11. The molecule has 14 aromatic rings. The van der Waals surface area contributed by atoms with Gasteiger partial charge in [-0.15, -0.1) is 0 Å². The van der Waals surface area contributed by atoms with Crippen molar-refractivity contribution in [1.29, 1.82) is 0 Å². The summed E-state index contributed by atoms with van der Waals surface area (Å²) in [6.45, 7) is 0. The normalized spacial score (nSPS) is 11.9. The maximum absolute atomic E-state index is 5.67. The molecule has 0 fully saturated rings. The van der Waals surface area contributed by atoms with Crippen molar-refractivity contribution < 1.29 is 0 Å². The van der Waals surface area contributed by atoms with Crippen LogP contribution in [-0.4, -0.2) is 28.2 Å².